The van der Waals surface area contributed by atoms with Crippen LogP contribution in [0, 0.1) is 0 Å². The number of benzene rings is 1. The third-order valence-corrected chi connectivity index (χ3v) is 4.22. The van der Waals surface area contributed by atoms with E-state index in [1.165, 1.54) is 0 Å². The van der Waals surface area contributed by atoms with Crippen LogP contribution in [0.25, 0.3) is 22.3 Å². The molecule has 0 aliphatic carbocycles. The van der Waals surface area contributed by atoms with Gasteiger partial charge in [0, 0.05) is 48.8 Å². The molecule has 7 nitrogen and oxygen atoms in total. The molecule has 2 N–H and O–H groups in total. The summed E-state index contributed by atoms with van der Waals surface area (Å²) in [6, 6.07) is 15.0. The molecule has 3 aromatic heterocycles. The lowest BCUT2D eigenvalue weighted by Crippen LogP contribution is -2.28. The zero-order valence-electron chi connectivity index (χ0n) is 14.8. The summed E-state index contributed by atoms with van der Waals surface area (Å²) < 4.78 is 1.77. The number of rotatable bonds is 4. The summed E-state index contributed by atoms with van der Waals surface area (Å²) in [5, 5.41) is 11.2. The molecule has 0 saturated heterocycles. The first kappa shape index (κ1) is 16.7. The zero-order valence-corrected chi connectivity index (χ0v) is 14.8. The first-order chi connectivity index (χ1) is 13.2. The van der Waals surface area contributed by atoms with Crippen molar-refractivity contribution in [2.24, 2.45) is 7.05 Å². The second kappa shape index (κ2) is 7.25. The Bertz CT molecular complexity index is 1070. The molecule has 4 rings (SSSR count). The number of nitrogens with zero attached hydrogens (tertiary/aromatic N) is 4. The number of anilines is 1. The van der Waals surface area contributed by atoms with E-state index in [0.717, 1.165) is 27.9 Å². The van der Waals surface area contributed by atoms with Crippen LogP contribution in [-0.4, -0.2) is 25.8 Å². The van der Waals surface area contributed by atoms with Gasteiger partial charge in [-0.2, -0.15) is 5.10 Å². The summed E-state index contributed by atoms with van der Waals surface area (Å²) in [5.41, 5.74) is 4.38. The van der Waals surface area contributed by atoms with E-state index in [1.54, 1.807) is 23.3 Å². The number of aryl methyl sites for hydroxylation is 1. The van der Waals surface area contributed by atoms with Gasteiger partial charge in [-0.25, -0.2) is 14.5 Å². The minimum absolute atomic E-state index is 0.257. The molecule has 0 spiro atoms. The minimum Gasteiger partial charge on any atom is -0.334 e. The average molecular weight is 358 g/mol. The number of amides is 2. The number of carbonyl (C=O) groups excluding carboxylic acids is 1. The molecular weight excluding hydrogens is 340 g/mol. The van der Waals surface area contributed by atoms with Gasteiger partial charge in [-0.1, -0.05) is 12.1 Å². The van der Waals surface area contributed by atoms with E-state index in [4.69, 9.17) is 0 Å². The maximum atomic E-state index is 12.1. The summed E-state index contributed by atoms with van der Waals surface area (Å²) in [7, 11) is 1.88. The molecular formula is C20H18N6O. The van der Waals surface area contributed by atoms with Gasteiger partial charge in [0.15, 0.2) is 5.65 Å². The van der Waals surface area contributed by atoms with E-state index in [9.17, 15) is 4.79 Å². The van der Waals surface area contributed by atoms with E-state index in [0.29, 0.717) is 12.2 Å². The molecule has 0 bridgehead atoms. The van der Waals surface area contributed by atoms with Gasteiger partial charge in [-0.15, -0.1) is 0 Å². The van der Waals surface area contributed by atoms with Crippen LogP contribution < -0.4 is 10.6 Å². The molecule has 0 radical (unpaired) electrons. The van der Waals surface area contributed by atoms with Crippen molar-refractivity contribution in [1.82, 2.24) is 25.1 Å². The number of aromatic nitrogens is 4. The normalized spacial score (nSPS) is 10.7. The third-order valence-electron chi connectivity index (χ3n) is 4.22. The first-order valence-corrected chi connectivity index (χ1v) is 8.52. The van der Waals surface area contributed by atoms with Crippen LogP contribution >= 0.6 is 0 Å². The van der Waals surface area contributed by atoms with Gasteiger partial charge < -0.3 is 10.6 Å². The van der Waals surface area contributed by atoms with Crippen molar-refractivity contribution >= 4 is 22.8 Å². The van der Waals surface area contributed by atoms with Crippen LogP contribution in [0.15, 0.2) is 67.1 Å². The molecule has 0 aliphatic rings. The maximum Gasteiger partial charge on any atom is 0.319 e. The quantitative estimate of drug-likeness (QED) is 0.586. The van der Waals surface area contributed by atoms with Gasteiger partial charge in [-0.3, -0.25) is 4.98 Å². The lowest BCUT2D eigenvalue weighted by atomic mass is 10.1. The molecule has 2 amide bonds. The van der Waals surface area contributed by atoms with Crippen LogP contribution in [0.2, 0.25) is 0 Å². The predicted molar refractivity (Wildman–Crippen MR) is 104 cm³/mol. The van der Waals surface area contributed by atoms with Crippen LogP contribution in [0.4, 0.5) is 10.5 Å². The maximum absolute atomic E-state index is 12.1. The third kappa shape index (κ3) is 3.62. The molecule has 0 fully saturated rings. The molecule has 7 heteroatoms. The van der Waals surface area contributed by atoms with Crippen molar-refractivity contribution in [3.63, 3.8) is 0 Å². The Hall–Kier alpha value is -3.74. The van der Waals surface area contributed by atoms with Crippen LogP contribution in [0.5, 0.6) is 0 Å². The van der Waals surface area contributed by atoms with E-state index in [-0.39, 0.29) is 6.03 Å². The van der Waals surface area contributed by atoms with Gasteiger partial charge in [0.05, 0.1) is 0 Å². The molecule has 3 heterocycles. The van der Waals surface area contributed by atoms with E-state index < -0.39 is 0 Å². The summed E-state index contributed by atoms with van der Waals surface area (Å²) in [6.07, 6.45) is 5.15. The van der Waals surface area contributed by atoms with Crippen molar-refractivity contribution < 1.29 is 4.79 Å². The van der Waals surface area contributed by atoms with Gasteiger partial charge >= 0.3 is 6.03 Å². The highest BCUT2D eigenvalue weighted by atomic mass is 16.2. The number of pyridine rings is 2. The average Bonchev–Trinajstić information content (AvgIpc) is 3.05. The Morgan fingerprint density at radius 3 is 2.59 bits per heavy atom. The summed E-state index contributed by atoms with van der Waals surface area (Å²) in [5.74, 6) is 0. The summed E-state index contributed by atoms with van der Waals surface area (Å²) >= 11 is 0. The fourth-order valence-electron chi connectivity index (χ4n) is 2.87. The number of urea groups is 1. The Morgan fingerprint density at radius 2 is 1.81 bits per heavy atom. The second-order valence-corrected chi connectivity index (χ2v) is 6.09. The highest BCUT2D eigenvalue weighted by Crippen LogP contribution is 2.27. The van der Waals surface area contributed by atoms with Crippen LogP contribution in [-0.2, 0) is 13.6 Å². The van der Waals surface area contributed by atoms with Gasteiger partial charge in [0.25, 0.3) is 0 Å². The van der Waals surface area contributed by atoms with Gasteiger partial charge in [0.2, 0.25) is 0 Å². The number of fused-ring (bicyclic) bond motifs is 1. The molecule has 0 atom stereocenters. The monoisotopic (exact) mass is 358 g/mol. The highest BCUT2D eigenvalue weighted by Gasteiger charge is 2.11. The van der Waals surface area contributed by atoms with Crippen LogP contribution in [0.3, 0.4) is 0 Å². The first-order valence-electron chi connectivity index (χ1n) is 8.52. The van der Waals surface area contributed by atoms with Crippen molar-refractivity contribution in [2.75, 3.05) is 5.32 Å². The number of carbonyl (C=O) groups is 1. The fraction of sp³-hybridized carbons (Fsp3) is 0.100. The lowest BCUT2D eigenvalue weighted by Gasteiger charge is -2.08. The van der Waals surface area contributed by atoms with E-state index >= 15 is 0 Å². The topological polar surface area (TPSA) is 84.7 Å². The Morgan fingerprint density at radius 1 is 1.04 bits per heavy atom. The van der Waals surface area contributed by atoms with Crippen molar-refractivity contribution in [2.45, 2.75) is 6.54 Å². The Balaban J connectivity index is 1.45. The van der Waals surface area contributed by atoms with E-state index in [2.05, 4.69) is 25.7 Å². The summed E-state index contributed by atoms with van der Waals surface area (Å²) in [4.78, 5) is 20.4. The second-order valence-electron chi connectivity index (χ2n) is 6.09. The number of nitrogens with one attached hydrogen (secondary N) is 2. The standard InChI is InChI=1S/C20H18N6O/c1-26-19-17(3-2-10-22-19)18(25-26)15-4-6-16(7-5-15)24-20(27)23-13-14-8-11-21-12-9-14/h2-12H,13H2,1H3,(H2,23,24,27). The SMILES string of the molecule is Cn1nc(-c2ccc(NC(=O)NCc3ccncc3)cc2)c2cccnc21. The molecule has 4 aromatic rings. The number of hydrogen-bond donors (Lipinski definition) is 2. The largest absolute Gasteiger partial charge is 0.334 e. The van der Waals surface area contributed by atoms with Crippen LogP contribution in [0.1, 0.15) is 5.56 Å². The van der Waals surface area contributed by atoms with Crippen molar-refractivity contribution in [3.05, 3.63) is 72.7 Å². The van der Waals surface area contributed by atoms with Gasteiger partial charge in [-0.05, 0) is 42.0 Å². The fourth-order valence-corrected chi connectivity index (χ4v) is 2.87. The molecule has 0 unspecified atom stereocenters. The van der Waals surface area contributed by atoms with E-state index in [1.807, 2.05) is 55.6 Å². The molecule has 134 valence electrons. The Labute approximate surface area is 156 Å². The molecule has 27 heavy (non-hydrogen) atoms. The highest BCUT2D eigenvalue weighted by molar-refractivity contribution is 5.92. The predicted octanol–water partition coefficient (Wildman–Crippen LogP) is 3.35. The Kier molecular flexibility index (Phi) is 4.49. The molecule has 0 aliphatic heterocycles. The summed E-state index contributed by atoms with van der Waals surface area (Å²) in [6.45, 7) is 0.444. The van der Waals surface area contributed by atoms with Crippen molar-refractivity contribution in [1.29, 1.82) is 0 Å². The zero-order chi connectivity index (χ0) is 18.6. The minimum atomic E-state index is -0.257. The van der Waals surface area contributed by atoms with Crippen molar-refractivity contribution in [3.8, 4) is 11.3 Å². The lowest BCUT2D eigenvalue weighted by molar-refractivity contribution is 0.251. The van der Waals surface area contributed by atoms with Gasteiger partial charge in [0.1, 0.15) is 5.69 Å². The molecule has 0 saturated carbocycles. The molecule has 1 aromatic carbocycles. The smallest absolute Gasteiger partial charge is 0.319 e. The number of hydrogen-bond acceptors (Lipinski definition) is 4.